The van der Waals surface area contributed by atoms with Crippen molar-refractivity contribution < 1.29 is 9.47 Å². The monoisotopic (exact) mass is 113 g/mol. The summed E-state index contributed by atoms with van der Waals surface area (Å²) in [7, 11) is 0. The van der Waals surface area contributed by atoms with Gasteiger partial charge in [0.25, 0.3) is 0 Å². The van der Waals surface area contributed by atoms with E-state index in [1.165, 1.54) is 0 Å². The average molecular weight is 113 g/mol. The van der Waals surface area contributed by atoms with Gasteiger partial charge in [0.2, 0.25) is 0 Å². The maximum atomic E-state index is 4.82. The second kappa shape index (κ2) is 3.66. The van der Waals surface area contributed by atoms with Crippen LogP contribution in [-0.2, 0) is 9.47 Å². The maximum absolute atomic E-state index is 4.82. The number of ether oxygens (including phenoxy) is 2. The molecule has 0 aliphatic carbocycles. The van der Waals surface area contributed by atoms with Crippen molar-refractivity contribution >= 4 is 23.1 Å². The van der Waals surface area contributed by atoms with Gasteiger partial charge in [0.05, 0.1) is 13.2 Å². The molecule has 1 heterocycles. The molecule has 1 saturated heterocycles. The molecular formula is C4H9MgO2. The molecule has 0 aromatic heterocycles. The Morgan fingerprint density at radius 3 is 1.86 bits per heavy atom. The summed E-state index contributed by atoms with van der Waals surface area (Å²) in [5.74, 6) is 0. The third-order valence-corrected chi connectivity index (χ3v) is 0.691. The predicted molar refractivity (Wildman–Crippen MR) is 29.6 cm³/mol. The molecule has 0 saturated carbocycles. The Hall–Kier alpha value is 0.686. The van der Waals surface area contributed by atoms with Crippen molar-refractivity contribution in [1.82, 2.24) is 0 Å². The minimum Gasteiger partial charge on any atom is -0.350 e. The van der Waals surface area contributed by atoms with E-state index in [2.05, 4.69) is 6.92 Å². The van der Waals surface area contributed by atoms with E-state index < -0.39 is 0 Å². The lowest BCUT2D eigenvalue weighted by atomic mass is 10.8. The van der Waals surface area contributed by atoms with E-state index in [1.54, 1.807) is 0 Å². The molecule has 1 aliphatic rings. The summed E-state index contributed by atoms with van der Waals surface area (Å²) in [5, 5.41) is 0. The van der Waals surface area contributed by atoms with E-state index in [0.29, 0.717) is 13.2 Å². The summed E-state index contributed by atoms with van der Waals surface area (Å²) in [6.45, 7) is 4.90. The predicted octanol–water partition coefficient (Wildman–Crippen LogP) is -0.723. The van der Waals surface area contributed by atoms with Crippen molar-refractivity contribution in [3.63, 3.8) is 0 Å². The first-order valence-corrected chi connectivity index (χ1v) is 1.96. The second-order valence-electron chi connectivity index (χ2n) is 1.17. The average Bonchev–Trinajstić information content (AvgIpc) is 1.86. The standard InChI is InChI=1S/C4H7O2.Mg.2H/c1-4-5-2-3-6-4;;;/h4H,1-3H2;;;. The molecule has 3 heteroatoms. The number of rotatable bonds is 0. The first kappa shape index (κ1) is 7.69. The van der Waals surface area contributed by atoms with Gasteiger partial charge in [-0.2, -0.15) is 0 Å². The molecule has 1 fully saturated rings. The molecule has 1 aliphatic heterocycles. The third kappa shape index (κ3) is 2.49. The topological polar surface area (TPSA) is 18.5 Å². The van der Waals surface area contributed by atoms with Crippen LogP contribution in [0.4, 0.5) is 0 Å². The zero-order valence-electron chi connectivity index (χ0n) is 3.52. The Morgan fingerprint density at radius 1 is 1.29 bits per heavy atom. The quantitative estimate of drug-likeness (QED) is 0.386. The van der Waals surface area contributed by atoms with Crippen LogP contribution < -0.4 is 0 Å². The Bertz CT molecular complexity index is 43.0. The van der Waals surface area contributed by atoms with E-state index >= 15 is 0 Å². The minimum atomic E-state index is -0.204. The zero-order valence-corrected chi connectivity index (χ0v) is 3.52. The SMILES string of the molecule is [CH2]C1OCCO1.[MgH2]. The molecule has 7 heavy (non-hydrogen) atoms. The van der Waals surface area contributed by atoms with Crippen molar-refractivity contribution in [2.24, 2.45) is 0 Å². The van der Waals surface area contributed by atoms with E-state index in [0.717, 1.165) is 0 Å². The first-order valence-electron chi connectivity index (χ1n) is 1.96. The van der Waals surface area contributed by atoms with E-state index in [9.17, 15) is 0 Å². The highest BCUT2D eigenvalue weighted by Gasteiger charge is 2.07. The van der Waals surface area contributed by atoms with Crippen molar-refractivity contribution in [1.29, 1.82) is 0 Å². The lowest BCUT2D eigenvalue weighted by Gasteiger charge is -1.94. The van der Waals surface area contributed by atoms with Crippen molar-refractivity contribution in [3.8, 4) is 0 Å². The van der Waals surface area contributed by atoms with Crippen LogP contribution in [0.25, 0.3) is 0 Å². The van der Waals surface area contributed by atoms with Gasteiger partial charge in [-0.15, -0.1) is 0 Å². The lowest BCUT2D eigenvalue weighted by Crippen LogP contribution is -1.98. The molecule has 2 nitrogen and oxygen atoms in total. The van der Waals surface area contributed by atoms with Gasteiger partial charge in [0.1, 0.15) is 0 Å². The molecule has 0 bridgehead atoms. The fraction of sp³-hybridized carbons (Fsp3) is 0.750. The largest absolute Gasteiger partial charge is 0.350 e. The van der Waals surface area contributed by atoms with Gasteiger partial charge in [0, 0.05) is 6.92 Å². The van der Waals surface area contributed by atoms with Gasteiger partial charge in [-0.05, 0) is 0 Å². The summed E-state index contributed by atoms with van der Waals surface area (Å²) in [6, 6.07) is 0. The van der Waals surface area contributed by atoms with E-state index in [4.69, 9.17) is 9.47 Å². The summed E-state index contributed by atoms with van der Waals surface area (Å²) in [4.78, 5) is 0. The number of hydrogen-bond acceptors (Lipinski definition) is 2. The molecular weight excluding hydrogens is 104 g/mol. The molecule has 1 radical (unpaired) electrons. The van der Waals surface area contributed by atoms with Crippen LogP contribution in [0.1, 0.15) is 0 Å². The van der Waals surface area contributed by atoms with Crippen molar-refractivity contribution in [3.05, 3.63) is 6.92 Å². The van der Waals surface area contributed by atoms with Gasteiger partial charge < -0.3 is 9.47 Å². The highest BCUT2D eigenvalue weighted by atomic mass is 24.3. The Balaban J connectivity index is 0.000000360. The van der Waals surface area contributed by atoms with Gasteiger partial charge >= 0.3 is 23.1 Å². The zero-order chi connectivity index (χ0) is 4.41. The van der Waals surface area contributed by atoms with Crippen molar-refractivity contribution in [2.45, 2.75) is 6.29 Å². The summed E-state index contributed by atoms with van der Waals surface area (Å²) >= 11 is 0. The van der Waals surface area contributed by atoms with E-state index in [1.807, 2.05) is 0 Å². The van der Waals surface area contributed by atoms with E-state index in [-0.39, 0.29) is 29.3 Å². The molecule has 0 aromatic carbocycles. The van der Waals surface area contributed by atoms with Gasteiger partial charge in [-0.25, -0.2) is 0 Å². The molecule has 0 atom stereocenters. The number of hydrogen-bond donors (Lipinski definition) is 0. The Morgan fingerprint density at radius 2 is 1.71 bits per heavy atom. The minimum absolute atomic E-state index is 0. The van der Waals surface area contributed by atoms with Crippen LogP contribution in [-0.4, -0.2) is 42.6 Å². The summed E-state index contributed by atoms with van der Waals surface area (Å²) in [5.41, 5.74) is 0. The van der Waals surface area contributed by atoms with Crippen LogP contribution in [0.5, 0.6) is 0 Å². The molecule has 0 amide bonds. The molecule has 0 N–H and O–H groups in total. The second-order valence-corrected chi connectivity index (χ2v) is 1.17. The Kier molecular flexibility index (Phi) is 4.02. The smallest absolute Gasteiger partial charge is 0.316 e. The Labute approximate surface area is 59.3 Å². The first-order chi connectivity index (χ1) is 2.89. The maximum Gasteiger partial charge on any atom is 0.316 e. The molecule has 0 spiro atoms. The highest BCUT2D eigenvalue weighted by Crippen LogP contribution is 1.98. The van der Waals surface area contributed by atoms with Gasteiger partial charge in [-0.3, -0.25) is 0 Å². The third-order valence-electron chi connectivity index (χ3n) is 0.691. The molecule has 0 unspecified atom stereocenters. The fourth-order valence-electron chi connectivity index (χ4n) is 0.407. The lowest BCUT2D eigenvalue weighted by molar-refractivity contribution is -0.00396. The van der Waals surface area contributed by atoms with Crippen LogP contribution >= 0.6 is 0 Å². The normalized spacial score (nSPS) is 21.9. The van der Waals surface area contributed by atoms with Crippen molar-refractivity contribution in [2.75, 3.05) is 13.2 Å². The highest BCUT2D eigenvalue weighted by molar-refractivity contribution is 5.75. The van der Waals surface area contributed by atoms with Crippen LogP contribution in [0.3, 0.4) is 0 Å². The van der Waals surface area contributed by atoms with Crippen LogP contribution in [0.15, 0.2) is 0 Å². The molecule has 39 valence electrons. The van der Waals surface area contributed by atoms with Crippen LogP contribution in [0.2, 0.25) is 0 Å². The van der Waals surface area contributed by atoms with Gasteiger partial charge in [0.15, 0.2) is 6.29 Å². The molecule has 0 aromatic rings. The fourth-order valence-corrected chi connectivity index (χ4v) is 0.407. The van der Waals surface area contributed by atoms with Gasteiger partial charge in [-0.1, -0.05) is 0 Å². The van der Waals surface area contributed by atoms with Crippen LogP contribution in [0, 0.1) is 6.92 Å². The summed E-state index contributed by atoms with van der Waals surface area (Å²) in [6.07, 6.45) is -0.204. The molecule has 1 rings (SSSR count). The summed E-state index contributed by atoms with van der Waals surface area (Å²) < 4.78 is 9.64.